The van der Waals surface area contributed by atoms with Crippen molar-refractivity contribution in [3.05, 3.63) is 29.8 Å². The van der Waals surface area contributed by atoms with Crippen LogP contribution in [0.25, 0.3) is 0 Å². The number of ether oxygens (including phenoxy) is 1. The molecule has 19 heavy (non-hydrogen) atoms. The normalized spacial score (nSPS) is 16.8. The Morgan fingerprint density at radius 1 is 1.26 bits per heavy atom. The van der Waals surface area contributed by atoms with Crippen molar-refractivity contribution in [2.75, 3.05) is 26.2 Å². The van der Waals surface area contributed by atoms with Crippen molar-refractivity contribution >= 4 is 5.71 Å². The van der Waals surface area contributed by atoms with Gasteiger partial charge in [0.15, 0.2) is 0 Å². The molecular formula is C15H22N2O2. The predicted molar refractivity (Wildman–Crippen MR) is 76.2 cm³/mol. The maximum atomic E-state index is 8.86. The fourth-order valence-corrected chi connectivity index (χ4v) is 2.37. The van der Waals surface area contributed by atoms with Crippen LogP contribution >= 0.6 is 0 Å². The summed E-state index contributed by atoms with van der Waals surface area (Å²) in [5.74, 6) is 0.872. The van der Waals surface area contributed by atoms with Crippen LogP contribution < -0.4 is 4.74 Å². The Labute approximate surface area is 114 Å². The molecule has 0 saturated carbocycles. The Hall–Kier alpha value is -1.55. The van der Waals surface area contributed by atoms with Gasteiger partial charge in [0.05, 0.1) is 5.71 Å². The van der Waals surface area contributed by atoms with Crippen LogP contribution in [-0.2, 0) is 0 Å². The molecule has 0 radical (unpaired) electrons. The Morgan fingerprint density at radius 3 is 2.53 bits per heavy atom. The van der Waals surface area contributed by atoms with Crippen molar-refractivity contribution in [3.63, 3.8) is 0 Å². The van der Waals surface area contributed by atoms with Gasteiger partial charge in [0.25, 0.3) is 0 Å². The van der Waals surface area contributed by atoms with Crippen LogP contribution in [0.2, 0.25) is 0 Å². The van der Waals surface area contributed by atoms with Crippen LogP contribution in [0.1, 0.15) is 31.7 Å². The van der Waals surface area contributed by atoms with E-state index in [2.05, 4.69) is 10.1 Å². The van der Waals surface area contributed by atoms with Crippen molar-refractivity contribution < 1.29 is 9.94 Å². The molecule has 4 nitrogen and oxygen atoms in total. The second kappa shape index (κ2) is 7.14. The van der Waals surface area contributed by atoms with Gasteiger partial charge in [-0.05, 0) is 62.2 Å². The summed E-state index contributed by atoms with van der Waals surface area (Å²) in [6, 6.07) is 7.73. The highest BCUT2D eigenvalue weighted by atomic mass is 16.5. The molecule has 1 aliphatic rings. The molecule has 1 aliphatic heterocycles. The summed E-state index contributed by atoms with van der Waals surface area (Å²) in [6.07, 6.45) is 3.34. The Balaban J connectivity index is 1.81. The average molecular weight is 262 g/mol. The number of oxime groups is 1. The topological polar surface area (TPSA) is 45.1 Å². The molecule has 1 N–H and O–H groups in total. The Bertz CT molecular complexity index is 409. The van der Waals surface area contributed by atoms with Crippen LogP contribution in [-0.4, -0.2) is 42.1 Å². The number of likely N-dealkylation sites (tertiary alicyclic amines) is 1. The number of hydrogen-bond acceptors (Lipinski definition) is 4. The molecule has 4 heteroatoms. The molecule has 0 unspecified atom stereocenters. The standard InChI is InChI=1S/C15H22N2O2/c1-2-15(16-18)13-5-7-14(8-6-13)19-12-11-17-9-3-4-10-17/h5-8,18H,2-4,9-12H2,1H3/b16-15-. The van der Waals surface area contributed by atoms with Crippen LogP contribution in [0.4, 0.5) is 0 Å². The molecule has 0 amide bonds. The van der Waals surface area contributed by atoms with Gasteiger partial charge in [-0.15, -0.1) is 0 Å². The second-order valence-corrected chi connectivity index (χ2v) is 4.82. The summed E-state index contributed by atoms with van der Waals surface area (Å²) in [6.45, 7) is 6.11. The molecule has 104 valence electrons. The van der Waals surface area contributed by atoms with Gasteiger partial charge in [-0.2, -0.15) is 0 Å². The first-order valence-corrected chi connectivity index (χ1v) is 7.00. The van der Waals surface area contributed by atoms with Crippen molar-refractivity contribution in [1.29, 1.82) is 0 Å². The summed E-state index contributed by atoms with van der Waals surface area (Å²) in [5.41, 5.74) is 1.64. The minimum absolute atomic E-state index is 0.698. The lowest BCUT2D eigenvalue weighted by Gasteiger charge is -2.15. The van der Waals surface area contributed by atoms with E-state index in [0.29, 0.717) is 12.1 Å². The van der Waals surface area contributed by atoms with Gasteiger partial charge in [0.2, 0.25) is 0 Å². The maximum absolute atomic E-state index is 8.86. The molecule has 1 fully saturated rings. The van der Waals surface area contributed by atoms with Gasteiger partial charge in [0.1, 0.15) is 12.4 Å². The first-order chi connectivity index (χ1) is 9.33. The predicted octanol–water partition coefficient (Wildman–Crippen LogP) is 2.75. The highest BCUT2D eigenvalue weighted by Crippen LogP contribution is 2.14. The molecule has 1 aromatic carbocycles. The van der Waals surface area contributed by atoms with Gasteiger partial charge < -0.3 is 9.94 Å². The maximum Gasteiger partial charge on any atom is 0.119 e. The van der Waals surface area contributed by atoms with Crippen LogP contribution in [0, 0.1) is 0 Å². The molecule has 1 saturated heterocycles. The smallest absolute Gasteiger partial charge is 0.119 e. The second-order valence-electron chi connectivity index (χ2n) is 4.82. The molecule has 0 spiro atoms. The summed E-state index contributed by atoms with van der Waals surface area (Å²) >= 11 is 0. The van der Waals surface area contributed by atoms with Crippen LogP contribution in [0.3, 0.4) is 0 Å². The van der Waals surface area contributed by atoms with E-state index in [4.69, 9.17) is 9.94 Å². The first kappa shape index (κ1) is 13.9. The minimum atomic E-state index is 0.698. The molecular weight excluding hydrogens is 240 g/mol. The number of benzene rings is 1. The van der Waals surface area contributed by atoms with Gasteiger partial charge in [0, 0.05) is 6.54 Å². The zero-order valence-electron chi connectivity index (χ0n) is 11.5. The van der Waals surface area contributed by atoms with E-state index in [1.54, 1.807) is 0 Å². The number of hydrogen-bond donors (Lipinski definition) is 1. The van der Waals surface area contributed by atoms with E-state index in [1.165, 1.54) is 25.9 Å². The van der Waals surface area contributed by atoms with Crippen LogP contribution in [0.5, 0.6) is 5.75 Å². The van der Waals surface area contributed by atoms with Crippen LogP contribution in [0.15, 0.2) is 29.4 Å². The molecule has 0 aliphatic carbocycles. The number of rotatable bonds is 6. The quantitative estimate of drug-likeness (QED) is 0.487. The van der Waals surface area contributed by atoms with Crippen molar-refractivity contribution in [2.24, 2.45) is 5.16 Å². The summed E-state index contributed by atoms with van der Waals surface area (Å²) in [5, 5.41) is 12.2. The molecule has 0 atom stereocenters. The lowest BCUT2D eigenvalue weighted by Crippen LogP contribution is -2.25. The molecule has 2 rings (SSSR count). The zero-order valence-corrected chi connectivity index (χ0v) is 11.5. The third kappa shape index (κ3) is 3.96. The van der Waals surface area contributed by atoms with Gasteiger partial charge in [-0.1, -0.05) is 12.1 Å². The lowest BCUT2D eigenvalue weighted by atomic mass is 10.1. The highest BCUT2D eigenvalue weighted by Gasteiger charge is 2.10. The largest absolute Gasteiger partial charge is 0.492 e. The first-order valence-electron chi connectivity index (χ1n) is 7.00. The van der Waals surface area contributed by atoms with E-state index < -0.39 is 0 Å². The van der Waals surface area contributed by atoms with E-state index in [-0.39, 0.29) is 0 Å². The van der Waals surface area contributed by atoms with Gasteiger partial charge in [-0.25, -0.2) is 0 Å². The Morgan fingerprint density at radius 2 is 1.95 bits per heavy atom. The minimum Gasteiger partial charge on any atom is -0.492 e. The molecule has 1 aromatic rings. The van der Waals surface area contributed by atoms with Crippen molar-refractivity contribution in [2.45, 2.75) is 26.2 Å². The Kier molecular flexibility index (Phi) is 5.21. The SMILES string of the molecule is CC/C(=N/O)c1ccc(OCCN2CCCC2)cc1. The lowest BCUT2D eigenvalue weighted by molar-refractivity contribution is 0.238. The van der Waals surface area contributed by atoms with E-state index in [1.807, 2.05) is 31.2 Å². The fraction of sp³-hybridized carbons (Fsp3) is 0.533. The third-order valence-electron chi connectivity index (χ3n) is 3.52. The van der Waals surface area contributed by atoms with E-state index in [9.17, 15) is 0 Å². The van der Waals surface area contributed by atoms with Crippen molar-refractivity contribution in [1.82, 2.24) is 4.90 Å². The average Bonchev–Trinajstić information content (AvgIpc) is 2.95. The number of nitrogens with zero attached hydrogens (tertiary/aromatic N) is 2. The van der Waals surface area contributed by atoms with Crippen molar-refractivity contribution in [3.8, 4) is 5.75 Å². The van der Waals surface area contributed by atoms with E-state index >= 15 is 0 Å². The van der Waals surface area contributed by atoms with Gasteiger partial charge in [-0.3, -0.25) is 4.90 Å². The molecule has 0 aromatic heterocycles. The van der Waals surface area contributed by atoms with Gasteiger partial charge >= 0.3 is 0 Å². The fourth-order valence-electron chi connectivity index (χ4n) is 2.37. The molecule has 0 bridgehead atoms. The van der Waals surface area contributed by atoms with E-state index in [0.717, 1.165) is 24.5 Å². The zero-order chi connectivity index (χ0) is 13.5. The monoisotopic (exact) mass is 262 g/mol. The summed E-state index contributed by atoms with van der Waals surface area (Å²) in [4.78, 5) is 2.43. The highest BCUT2D eigenvalue weighted by molar-refractivity contribution is 6.00. The third-order valence-corrected chi connectivity index (χ3v) is 3.52. The molecule has 1 heterocycles. The summed E-state index contributed by atoms with van der Waals surface area (Å²) in [7, 11) is 0. The summed E-state index contributed by atoms with van der Waals surface area (Å²) < 4.78 is 5.73.